The van der Waals surface area contributed by atoms with Gasteiger partial charge in [0.15, 0.2) is 0 Å². The van der Waals surface area contributed by atoms with Gasteiger partial charge in [-0.2, -0.15) is 0 Å². The summed E-state index contributed by atoms with van der Waals surface area (Å²) in [7, 11) is 1.46. The molecule has 3 unspecified atom stereocenters. The van der Waals surface area contributed by atoms with Gasteiger partial charge in [-0.05, 0) is 109 Å². The lowest BCUT2D eigenvalue weighted by molar-refractivity contribution is -0.870. The van der Waals surface area contributed by atoms with E-state index < -0.39 is 20.0 Å². The van der Waals surface area contributed by atoms with Crippen molar-refractivity contribution in [1.29, 1.82) is 0 Å². The van der Waals surface area contributed by atoms with Crippen LogP contribution in [0.4, 0.5) is 0 Å². The summed E-state index contributed by atoms with van der Waals surface area (Å²) in [6.07, 6.45) is 73.7. The monoisotopic (exact) mass is 1070 g/mol. The number of quaternary nitrogens is 1. The van der Waals surface area contributed by atoms with E-state index in [1.807, 2.05) is 33.3 Å². The van der Waals surface area contributed by atoms with Crippen LogP contribution in [0.15, 0.2) is 109 Å². The molecule has 0 aliphatic heterocycles. The molecule has 75 heavy (non-hydrogen) atoms. The summed E-state index contributed by atoms with van der Waals surface area (Å²) in [5.74, 6) is -0.549. The Balaban J connectivity index is 5.34. The van der Waals surface area contributed by atoms with Gasteiger partial charge in [-0.25, -0.2) is 4.57 Å². The number of esters is 1. The molecule has 0 heterocycles. The third-order valence-electron chi connectivity index (χ3n) is 12.7. The van der Waals surface area contributed by atoms with Crippen LogP contribution in [0.5, 0.6) is 0 Å². The SMILES string of the molecule is CC/C=C\C/C=C\C/C=C\C/C=C\C/C=C\CCCCCCCC(=O)OC(/C=C/CCCCCCCCCCCC)C(COP(=O)(O)OCC[N+](C)(C)C)NC(=O)CCCCCCCC/C=C/C/C=C/C/C=C/CC. The highest BCUT2D eigenvalue weighted by Gasteiger charge is 2.30. The highest BCUT2D eigenvalue weighted by atomic mass is 31.2. The van der Waals surface area contributed by atoms with Crippen molar-refractivity contribution in [2.24, 2.45) is 0 Å². The van der Waals surface area contributed by atoms with Crippen LogP contribution in [0.2, 0.25) is 0 Å². The van der Waals surface area contributed by atoms with Crippen molar-refractivity contribution in [3.63, 3.8) is 0 Å². The zero-order valence-corrected chi connectivity index (χ0v) is 49.9. The largest absolute Gasteiger partial charge is 0.472 e. The zero-order valence-electron chi connectivity index (χ0n) is 49.0. The third kappa shape index (κ3) is 55.2. The molecule has 0 aliphatic rings. The number of hydrogen-bond donors (Lipinski definition) is 2. The molecule has 0 aromatic heterocycles. The van der Waals surface area contributed by atoms with Crippen LogP contribution in [-0.4, -0.2) is 74.3 Å². The van der Waals surface area contributed by atoms with E-state index in [0.717, 1.165) is 148 Å². The Bertz CT molecular complexity index is 1650. The minimum Gasteiger partial charge on any atom is -0.456 e. The molecule has 0 saturated carbocycles. The third-order valence-corrected chi connectivity index (χ3v) is 13.7. The number of nitrogens with zero attached hydrogens (tertiary/aromatic N) is 1. The highest BCUT2D eigenvalue weighted by Crippen LogP contribution is 2.43. The molecule has 0 fully saturated rings. The predicted molar refractivity (Wildman–Crippen MR) is 323 cm³/mol. The van der Waals surface area contributed by atoms with Crippen LogP contribution in [-0.2, 0) is 27.9 Å². The molecule has 0 aromatic rings. The van der Waals surface area contributed by atoms with Gasteiger partial charge in [0.05, 0.1) is 33.8 Å². The van der Waals surface area contributed by atoms with Crippen LogP contribution in [0, 0.1) is 0 Å². The lowest BCUT2D eigenvalue weighted by atomic mass is 10.0. The summed E-state index contributed by atoms with van der Waals surface area (Å²) in [5, 5.41) is 3.04. The standard InChI is InChI=1S/C65H113N2O7P/c1-7-10-13-16-19-22-25-28-30-32-33-34-35-36-38-40-43-46-49-52-55-58-65(69)74-63(56-53-50-47-44-41-27-24-21-18-15-12-9-3)62(61-73-75(70,71)72-60-59-67(4,5)6)66-64(68)57-54-51-48-45-42-39-37-31-29-26-23-20-17-14-11-8-2/h10-11,13-14,19-20,22-23,28-31,33-34,36,38,53,56,62-63H,7-9,12,15-18,21,24-27,32,35,37,39-52,54-55,57-61H2,1-6H3,(H-,66,68,70,71)/p+1/b13-10-,14-11+,22-19-,23-20+,30-28-,31-29+,34-33-,38-36-,56-53+. The van der Waals surface area contributed by atoms with Crippen LogP contribution in [0.3, 0.4) is 0 Å². The topological polar surface area (TPSA) is 111 Å². The van der Waals surface area contributed by atoms with E-state index in [1.54, 1.807) is 0 Å². The smallest absolute Gasteiger partial charge is 0.456 e. The summed E-state index contributed by atoms with van der Waals surface area (Å²) in [4.78, 5) is 37.7. The molecular formula is C65H114N2O7P+. The van der Waals surface area contributed by atoms with Gasteiger partial charge in [-0.15, -0.1) is 0 Å². The summed E-state index contributed by atoms with van der Waals surface area (Å²) >= 11 is 0. The number of likely N-dealkylation sites (N-methyl/N-ethyl adjacent to an activating group) is 1. The molecule has 0 radical (unpaired) electrons. The maximum atomic E-state index is 13.5. The zero-order chi connectivity index (χ0) is 55.0. The second kappa shape index (κ2) is 54.0. The first-order valence-corrected chi connectivity index (χ1v) is 31.7. The molecule has 0 aromatic carbocycles. The number of phosphoric acid groups is 1. The minimum atomic E-state index is -4.46. The van der Waals surface area contributed by atoms with Crippen molar-refractivity contribution < 1.29 is 37.3 Å². The number of hydrogen-bond acceptors (Lipinski definition) is 6. The lowest BCUT2D eigenvalue weighted by Gasteiger charge is -2.27. The normalized spacial score (nSPS) is 14.5. The van der Waals surface area contributed by atoms with Gasteiger partial charge >= 0.3 is 13.8 Å². The summed E-state index contributed by atoms with van der Waals surface area (Å²) in [5.41, 5.74) is 0. The number of amides is 1. The summed E-state index contributed by atoms with van der Waals surface area (Å²) in [6, 6.07) is -0.870. The van der Waals surface area contributed by atoms with E-state index in [4.69, 9.17) is 13.8 Å². The number of ether oxygens (including phenoxy) is 1. The fraction of sp³-hybridized carbons (Fsp3) is 0.692. The Hall–Kier alpha value is -3.33. The molecule has 2 N–H and O–H groups in total. The number of carbonyl (C=O) groups excluding carboxylic acids is 2. The van der Waals surface area contributed by atoms with Crippen molar-refractivity contribution >= 4 is 19.7 Å². The van der Waals surface area contributed by atoms with Gasteiger partial charge < -0.3 is 19.4 Å². The van der Waals surface area contributed by atoms with Crippen molar-refractivity contribution in [3.8, 4) is 0 Å². The first kappa shape index (κ1) is 71.7. The maximum Gasteiger partial charge on any atom is 0.472 e. The number of phosphoric ester groups is 1. The molecule has 1 amide bonds. The Kier molecular flexibility index (Phi) is 51.6. The molecule has 10 heteroatoms. The second-order valence-corrected chi connectivity index (χ2v) is 22.6. The molecule has 0 rings (SSSR count). The van der Waals surface area contributed by atoms with Crippen LogP contribution < -0.4 is 5.32 Å². The van der Waals surface area contributed by atoms with E-state index in [9.17, 15) is 19.0 Å². The van der Waals surface area contributed by atoms with Crippen molar-refractivity contribution in [3.05, 3.63) is 109 Å². The summed E-state index contributed by atoms with van der Waals surface area (Å²) in [6.45, 7) is 6.75. The van der Waals surface area contributed by atoms with Gasteiger partial charge in [0.2, 0.25) is 5.91 Å². The van der Waals surface area contributed by atoms with Crippen LogP contribution in [0.1, 0.15) is 239 Å². The highest BCUT2D eigenvalue weighted by molar-refractivity contribution is 7.47. The average molecular weight is 1070 g/mol. The van der Waals surface area contributed by atoms with Gasteiger partial charge in [0.1, 0.15) is 19.3 Å². The molecule has 0 spiro atoms. The fourth-order valence-corrected chi connectivity index (χ4v) is 8.83. The van der Waals surface area contributed by atoms with Crippen LogP contribution in [0.25, 0.3) is 0 Å². The minimum absolute atomic E-state index is 0.0284. The Morgan fingerprint density at radius 3 is 1.28 bits per heavy atom. The predicted octanol–water partition coefficient (Wildman–Crippen LogP) is 18.6. The average Bonchev–Trinajstić information content (AvgIpc) is 3.37. The molecule has 430 valence electrons. The first-order chi connectivity index (χ1) is 36.4. The number of unbranched alkanes of at least 4 members (excludes halogenated alkanes) is 21. The van der Waals surface area contributed by atoms with Gasteiger partial charge in [0.25, 0.3) is 0 Å². The van der Waals surface area contributed by atoms with E-state index in [2.05, 4.69) is 123 Å². The van der Waals surface area contributed by atoms with Crippen molar-refractivity contribution in [2.45, 2.75) is 251 Å². The van der Waals surface area contributed by atoms with E-state index in [-0.39, 0.29) is 31.5 Å². The molecular weight excluding hydrogens is 952 g/mol. The molecule has 9 nitrogen and oxygen atoms in total. The van der Waals surface area contributed by atoms with Crippen LogP contribution >= 0.6 is 7.82 Å². The number of allylic oxidation sites excluding steroid dienone is 17. The molecule has 0 aliphatic carbocycles. The molecule has 3 atom stereocenters. The quantitative estimate of drug-likeness (QED) is 0.0205. The van der Waals surface area contributed by atoms with Gasteiger partial charge in [-0.3, -0.25) is 18.6 Å². The maximum absolute atomic E-state index is 13.5. The van der Waals surface area contributed by atoms with E-state index in [0.29, 0.717) is 23.9 Å². The number of carbonyl (C=O) groups is 2. The lowest BCUT2D eigenvalue weighted by Crippen LogP contribution is -2.47. The number of rotatable bonds is 53. The Morgan fingerprint density at radius 2 is 0.853 bits per heavy atom. The van der Waals surface area contributed by atoms with Gasteiger partial charge in [0, 0.05) is 12.8 Å². The first-order valence-electron chi connectivity index (χ1n) is 30.2. The Labute approximate surface area is 461 Å². The van der Waals surface area contributed by atoms with E-state index >= 15 is 0 Å². The second-order valence-electron chi connectivity index (χ2n) is 21.1. The number of nitrogens with one attached hydrogen (secondary N) is 1. The van der Waals surface area contributed by atoms with E-state index in [1.165, 1.54) is 51.4 Å². The molecule has 0 saturated heterocycles. The van der Waals surface area contributed by atoms with Crippen molar-refractivity contribution in [1.82, 2.24) is 5.32 Å². The van der Waals surface area contributed by atoms with Crippen molar-refractivity contribution in [2.75, 3.05) is 40.9 Å². The van der Waals surface area contributed by atoms with Gasteiger partial charge in [-0.1, -0.05) is 227 Å². The Morgan fingerprint density at radius 1 is 0.480 bits per heavy atom. The fourth-order valence-electron chi connectivity index (χ4n) is 8.10. The molecule has 0 bridgehead atoms. The summed E-state index contributed by atoms with van der Waals surface area (Å²) < 4.78 is 30.6.